The van der Waals surface area contributed by atoms with E-state index in [1.165, 1.54) is 5.56 Å². The van der Waals surface area contributed by atoms with Gasteiger partial charge in [0.15, 0.2) is 8.32 Å². The molecule has 1 aliphatic rings. The first-order chi connectivity index (χ1) is 9.29. The molecule has 1 fully saturated rings. The molecule has 2 heterocycles. The SMILES string of the molecule is CC(C)(C)[Si](C)(C)OC1CCOC(c2ccncc2)C1. The molecule has 0 radical (unpaired) electrons. The van der Waals surface area contributed by atoms with Gasteiger partial charge in [-0.2, -0.15) is 0 Å². The molecule has 0 saturated carbocycles. The normalized spacial score (nSPS) is 24.6. The van der Waals surface area contributed by atoms with Crippen LogP contribution in [0.25, 0.3) is 0 Å². The van der Waals surface area contributed by atoms with Gasteiger partial charge in [-0.1, -0.05) is 20.8 Å². The van der Waals surface area contributed by atoms with Crippen LogP contribution >= 0.6 is 0 Å². The van der Waals surface area contributed by atoms with E-state index in [0.717, 1.165) is 19.4 Å². The second-order valence-electron chi connectivity index (χ2n) is 7.16. The molecule has 0 spiro atoms. The lowest BCUT2D eigenvalue weighted by atomic mass is 10.0. The van der Waals surface area contributed by atoms with E-state index in [4.69, 9.17) is 9.16 Å². The first-order valence-electron chi connectivity index (χ1n) is 7.49. The van der Waals surface area contributed by atoms with Crippen molar-refractivity contribution in [3.63, 3.8) is 0 Å². The van der Waals surface area contributed by atoms with Crippen molar-refractivity contribution in [1.82, 2.24) is 4.98 Å². The summed E-state index contributed by atoms with van der Waals surface area (Å²) in [4.78, 5) is 4.07. The van der Waals surface area contributed by atoms with Crippen LogP contribution in [-0.2, 0) is 9.16 Å². The molecule has 1 aliphatic heterocycles. The quantitative estimate of drug-likeness (QED) is 0.778. The lowest BCUT2D eigenvalue weighted by molar-refractivity contribution is -0.0403. The molecule has 0 N–H and O–H groups in total. The van der Waals surface area contributed by atoms with Crippen LogP contribution in [0.15, 0.2) is 24.5 Å². The van der Waals surface area contributed by atoms with Crippen LogP contribution in [0.4, 0.5) is 0 Å². The molecule has 0 amide bonds. The lowest BCUT2D eigenvalue weighted by Gasteiger charge is -2.41. The maximum atomic E-state index is 6.54. The van der Waals surface area contributed by atoms with Crippen molar-refractivity contribution in [3.05, 3.63) is 30.1 Å². The zero-order valence-corrected chi connectivity index (χ0v) is 14.3. The van der Waals surface area contributed by atoms with Crippen LogP contribution in [0.3, 0.4) is 0 Å². The Bertz CT molecular complexity index is 428. The maximum Gasteiger partial charge on any atom is 0.192 e. The van der Waals surface area contributed by atoms with Gasteiger partial charge in [0.2, 0.25) is 0 Å². The first-order valence-corrected chi connectivity index (χ1v) is 10.4. The van der Waals surface area contributed by atoms with Gasteiger partial charge < -0.3 is 9.16 Å². The Balaban J connectivity index is 2.01. The minimum Gasteiger partial charge on any atom is -0.414 e. The summed E-state index contributed by atoms with van der Waals surface area (Å²) in [5, 5.41) is 0.261. The molecule has 2 unspecified atom stereocenters. The molecule has 0 bridgehead atoms. The highest BCUT2D eigenvalue weighted by Gasteiger charge is 2.40. The van der Waals surface area contributed by atoms with Gasteiger partial charge >= 0.3 is 0 Å². The van der Waals surface area contributed by atoms with Gasteiger partial charge in [0, 0.05) is 25.4 Å². The molecule has 2 rings (SSSR count). The Kier molecular flexibility index (Phi) is 4.67. The topological polar surface area (TPSA) is 31.4 Å². The smallest absolute Gasteiger partial charge is 0.192 e. The van der Waals surface area contributed by atoms with E-state index in [-0.39, 0.29) is 11.1 Å². The van der Waals surface area contributed by atoms with E-state index < -0.39 is 8.32 Å². The van der Waals surface area contributed by atoms with Crippen LogP contribution in [0.5, 0.6) is 0 Å². The van der Waals surface area contributed by atoms with Gasteiger partial charge in [0.1, 0.15) is 0 Å². The molecule has 0 aliphatic carbocycles. The van der Waals surface area contributed by atoms with Crippen molar-refractivity contribution >= 4 is 8.32 Å². The Morgan fingerprint density at radius 1 is 1.25 bits per heavy atom. The summed E-state index contributed by atoms with van der Waals surface area (Å²) in [6.45, 7) is 12.3. The summed E-state index contributed by atoms with van der Waals surface area (Å²) in [7, 11) is -1.69. The van der Waals surface area contributed by atoms with Gasteiger partial charge in [0.05, 0.1) is 12.2 Å². The van der Waals surface area contributed by atoms with E-state index >= 15 is 0 Å². The standard InChI is InChI=1S/C16H27NO2Si/c1-16(2,3)20(4,5)19-14-8-11-18-15(12-14)13-6-9-17-10-7-13/h6-7,9-10,14-15H,8,11-12H2,1-5H3. The molecular weight excluding hydrogens is 266 g/mol. The molecule has 2 atom stereocenters. The minimum atomic E-state index is -1.69. The van der Waals surface area contributed by atoms with E-state index in [0.29, 0.717) is 6.10 Å². The van der Waals surface area contributed by atoms with Crippen molar-refractivity contribution in [2.75, 3.05) is 6.61 Å². The van der Waals surface area contributed by atoms with Crippen LogP contribution in [0.1, 0.15) is 45.3 Å². The first kappa shape index (κ1) is 15.7. The Labute approximate surface area is 123 Å². The number of aromatic nitrogens is 1. The van der Waals surface area contributed by atoms with E-state index in [9.17, 15) is 0 Å². The molecular formula is C16H27NO2Si. The average molecular weight is 293 g/mol. The largest absolute Gasteiger partial charge is 0.414 e. The number of hydrogen-bond acceptors (Lipinski definition) is 3. The zero-order chi connectivity index (χ0) is 14.8. The molecule has 3 nitrogen and oxygen atoms in total. The summed E-state index contributed by atoms with van der Waals surface area (Å²) < 4.78 is 12.4. The average Bonchev–Trinajstić information content (AvgIpc) is 2.38. The predicted molar refractivity (Wildman–Crippen MR) is 84.2 cm³/mol. The molecule has 1 aromatic rings. The third-order valence-corrected chi connectivity index (χ3v) is 9.12. The van der Waals surface area contributed by atoms with Gasteiger partial charge in [-0.15, -0.1) is 0 Å². The molecule has 1 saturated heterocycles. The number of pyridine rings is 1. The summed E-state index contributed by atoms with van der Waals surface area (Å²) in [6, 6.07) is 4.08. The van der Waals surface area contributed by atoms with Crippen LogP contribution in [0.2, 0.25) is 18.1 Å². The summed E-state index contributed by atoms with van der Waals surface area (Å²) in [5.74, 6) is 0. The lowest BCUT2D eigenvalue weighted by Crippen LogP contribution is -2.45. The van der Waals surface area contributed by atoms with Crippen LogP contribution in [-0.4, -0.2) is 26.0 Å². The fraction of sp³-hybridized carbons (Fsp3) is 0.688. The minimum absolute atomic E-state index is 0.154. The Hall–Kier alpha value is -0.713. The molecule has 4 heteroatoms. The maximum absolute atomic E-state index is 6.54. The highest BCUT2D eigenvalue weighted by molar-refractivity contribution is 6.74. The van der Waals surface area contributed by atoms with Gasteiger partial charge in [-0.25, -0.2) is 0 Å². The molecule has 1 aromatic heterocycles. The number of rotatable bonds is 3. The zero-order valence-electron chi connectivity index (χ0n) is 13.3. The van der Waals surface area contributed by atoms with Crippen LogP contribution in [0, 0.1) is 0 Å². The molecule has 0 aromatic carbocycles. The molecule has 112 valence electrons. The van der Waals surface area contributed by atoms with Gasteiger partial charge in [0.25, 0.3) is 0 Å². The second-order valence-corrected chi connectivity index (χ2v) is 11.9. The third kappa shape index (κ3) is 3.68. The third-order valence-electron chi connectivity index (χ3n) is 4.58. The fourth-order valence-corrected chi connectivity index (χ4v) is 3.68. The number of ether oxygens (including phenoxy) is 1. The Morgan fingerprint density at radius 3 is 2.50 bits per heavy atom. The highest BCUT2D eigenvalue weighted by atomic mass is 28.4. The van der Waals surface area contributed by atoms with E-state index in [1.54, 1.807) is 0 Å². The second kappa shape index (κ2) is 5.96. The highest BCUT2D eigenvalue weighted by Crippen LogP contribution is 2.40. The van der Waals surface area contributed by atoms with Crippen molar-refractivity contribution < 1.29 is 9.16 Å². The van der Waals surface area contributed by atoms with Crippen molar-refractivity contribution in [2.45, 2.75) is 64.0 Å². The van der Waals surface area contributed by atoms with Crippen molar-refractivity contribution in [3.8, 4) is 0 Å². The van der Waals surface area contributed by atoms with Crippen LogP contribution < -0.4 is 0 Å². The van der Waals surface area contributed by atoms with E-state index in [2.05, 4.69) is 38.8 Å². The fourth-order valence-electron chi connectivity index (χ4n) is 2.28. The van der Waals surface area contributed by atoms with Crippen molar-refractivity contribution in [2.24, 2.45) is 0 Å². The van der Waals surface area contributed by atoms with Gasteiger partial charge in [-0.05, 0) is 42.2 Å². The number of hydrogen-bond donors (Lipinski definition) is 0. The predicted octanol–water partition coefficient (Wildman–Crippen LogP) is 4.32. The summed E-state index contributed by atoms with van der Waals surface area (Å²) in [5.41, 5.74) is 1.21. The number of nitrogens with zero attached hydrogens (tertiary/aromatic N) is 1. The molecule has 20 heavy (non-hydrogen) atoms. The van der Waals surface area contributed by atoms with Crippen molar-refractivity contribution in [1.29, 1.82) is 0 Å². The Morgan fingerprint density at radius 2 is 1.90 bits per heavy atom. The summed E-state index contributed by atoms with van der Waals surface area (Å²) in [6.07, 6.45) is 6.10. The monoisotopic (exact) mass is 293 g/mol. The van der Waals surface area contributed by atoms with E-state index in [1.807, 2.05) is 24.5 Å². The summed E-state index contributed by atoms with van der Waals surface area (Å²) >= 11 is 0. The van der Waals surface area contributed by atoms with Gasteiger partial charge in [-0.3, -0.25) is 4.98 Å².